The molecule has 0 aliphatic rings. The van der Waals surface area contributed by atoms with E-state index < -0.39 is 29.7 Å². The van der Waals surface area contributed by atoms with Crippen molar-refractivity contribution < 1.29 is 18.4 Å². The van der Waals surface area contributed by atoms with E-state index in [2.05, 4.69) is 10.5 Å². The summed E-state index contributed by atoms with van der Waals surface area (Å²) >= 11 is 12.4. The zero-order valence-electron chi connectivity index (χ0n) is 16.0. The van der Waals surface area contributed by atoms with Gasteiger partial charge in [-0.05, 0) is 30.3 Å². The quantitative estimate of drug-likeness (QED) is 0.442. The van der Waals surface area contributed by atoms with Gasteiger partial charge in [-0.15, -0.1) is 0 Å². The Kier molecular flexibility index (Phi) is 7.04. The van der Waals surface area contributed by atoms with Gasteiger partial charge in [0.05, 0.1) is 15.7 Å². The Bertz CT molecular complexity index is 1210. The van der Waals surface area contributed by atoms with Gasteiger partial charge in [-0.25, -0.2) is 8.78 Å². The maximum Gasteiger partial charge on any atom is 0.260 e. The van der Waals surface area contributed by atoms with Crippen LogP contribution in [0.4, 0.5) is 8.78 Å². The summed E-state index contributed by atoms with van der Waals surface area (Å²) in [6.45, 7) is -0.432. The molecule has 2 aromatic carbocycles. The molecule has 3 rings (SSSR count). The number of oxime groups is 1. The number of rotatable bonds is 6. The van der Waals surface area contributed by atoms with Crippen molar-refractivity contribution in [3.8, 4) is 5.69 Å². The van der Waals surface area contributed by atoms with E-state index >= 15 is 0 Å². The lowest BCUT2D eigenvalue weighted by molar-refractivity contribution is -0.125. The number of pyridine rings is 1. The number of carbonyl (C=O) groups is 1. The summed E-state index contributed by atoms with van der Waals surface area (Å²) in [7, 11) is 1.42. The number of aromatic nitrogens is 1. The van der Waals surface area contributed by atoms with E-state index in [1.54, 1.807) is 18.2 Å². The minimum Gasteiger partial charge on any atom is -0.385 e. The molecule has 1 heterocycles. The molecule has 160 valence electrons. The first kappa shape index (κ1) is 22.5. The Morgan fingerprint density at radius 1 is 1.13 bits per heavy atom. The number of benzene rings is 2. The maximum atomic E-state index is 14.5. The topological polar surface area (TPSA) is 72.7 Å². The zero-order valence-corrected chi connectivity index (χ0v) is 17.5. The number of halogens is 4. The first-order valence-corrected chi connectivity index (χ1v) is 9.61. The molecule has 0 unspecified atom stereocenters. The van der Waals surface area contributed by atoms with Gasteiger partial charge in [0, 0.05) is 36.5 Å². The van der Waals surface area contributed by atoms with Crippen LogP contribution >= 0.6 is 23.2 Å². The first-order valence-electron chi connectivity index (χ1n) is 8.85. The average molecular weight is 466 g/mol. The molecule has 0 atom stereocenters. The molecular formula is C21H15Cl2F2N3O3. The van der Waals surface area contributed by atoms with Gasteiger partial charge in [0.2, 0.25) is 0 Å². The molecule has 0 aliphatic heterocycles. The zero-order chi connectivity index (χ0) is 22.5. The van der Waals surface area contributed by atoms with Gasteiger partial charge in [0.15, 0.2) is 6.61 Å². The number of likely N-dealkylation sites (N-methyl/N-ethyl adjacent to an activating group) is 1. The number of nitrogens with zero attached hydrogens (tertiary/aromatic N) is 2. The van der Waals surface area contributed by atoms with Crippen molar-refractivity contribution in [3.05, 3.63) is 97.9 Å². The Morgan fingerprint density at radius 2 is 1.84 bits per heavy atom. The Balaban J connectivity index is 2.16. The summed E-state index contributed by atoms with van der Waals surface area (Å²) in [6, 6.07) is 10.2. The second-order valence-corrected chi connectivity index (χ2v) is 7.02. The maximum absolute atomic E-state index is 14.5. The van der Waals surface area contributed by atoms with Crippen molar-refractivity contribution in [2.75, 3.05) is 13.7 Å². The number of nitrogens with one attached hydrogen (secondary N) is 1. The lowest BCUT2D eigenvalue weighted by atomic mass is 10.0. The Labute approximate surface area is 185 Å². The first-order chi connectivity index (χ1) is 14.8. The average Bonchev–Trinajstić information content (AvgIpc) is 2.73. The fourth-order valence-electron chi connectivity index (χ4n) is 2.69. The minimum absolute atomic E-state index is 0.0710. The van der Waals surface area contributed by atoms with Gasteiger partial charge in [0.25, 0.3) is 11.5 Å². The molecular weight excluding hydrogens is 451 g/mol. The molecule has 0 fully saturated rings. The van der Waals surface area contributed by atoms with Crippen LogP contribution in [0.15, 0.2) is 64.7 Å². The highest BCUT2D eigenvalue weighted by atomic mass is 35.5. The van der Waals surface area contributed by atoms with Crippen LogP contribution in [0.3, 0.4) is 0 Å². The molecule has 0 saturated carbocycles. The van der Waals surface area contributed by atoms with Gasteiger partial charge in [-0.2, -0.15) is 0 Å². The van der Waals surface area contributed by atoms with Crippen molar-refractivity contribution in [2.45, 2.75) is 0 Å². The second kappa shape index (κ2) is 9.72. The number of carbonyl (C=O) groups excluding carboxylic acids is 1. The van der Waals surface area contributed by atoms with Crippen LogP contribution in [0.2, 0.25) is 10.0 Å². The summed E-state index contributed by atoms with van der Waals surface area (Å²) in [5.41, 5.74) is -0.170. The Hall–Kier alpha value is -3.23. The smallest absolute Gasteiger partial charge is 0.260 e. The van der Waals surface area contributed by atoms with Crippen molar-refractivity contribution in [1.82, 2.24) is 9.88 Å². The van der Waals surface area contributed by atoms with Gasteiger partial charge in [-0.1, -0.05) is 34.4 Å². The molecule has 10 heteroatoms. The SMILES string of the molecule is CNC(=O)CO/N=C(\c1ccc(=O)n(-c2c(Cl)cccc2Cl)c1)c1ccc(F)cc1F. The molecule has 0 aliphatic carbocycles. The largest absolute Gasteiger partial charge is 0.385 e. The minimum atomic E-state index is -0.907. The fourth-order valence-corrected chi connectivity index (χ4v) is 3.27. The van der Waals surface area contributed by atoms with Crippen molar-refractivity contribution >= 4 is 34.8 Å². The molecule has 1 aromatic heterocycles. The molecule has 1 amide bonds. The number of hydrogen-bond donors (Lipinski definition) is 1. The van der Waals surface area contributed by atoms with E-state index in [1.807, 2.05) is 0 Å². The molecule has 0 spiro atoms. The van der Waals surface area contributed by atoms with Crippen molar-refractivity contribution in [3.63, 3.8) is 0 Å². The third kappa shape index (κ3) is 5.10. The number of hydrogen-bond acceptors (Lipinski definition) is 4. The summed E-state index contributed by atoms with van der Waals surface area (Å²) in [4.78, 5) is 29.0. The second-order valence-electron chi connectivity index (χ2n) is 6.21. The van der Waals surface area contributed by atoms with E-state index in [1.165, 1.54) is 36.0 Å². The van der Waals surface area contributed by atoms with Gasteiger partial charge in [-0.3, -0.25) is 14.2 Å². The lowest BCUT2D eigenvalue weighted by Crippen LogP contribution is -2.23. The van der Waals surface area contributed by atoms with Crippen LogP contribution in [-0.2, 0) is 9.63 Å². The molecule has 0 radical (unpaired) electrons. The highest BCUT2D eigenvalue weighted by Crippen LogP contribution is 2.27. The molecule has 0 saturated heterocycles. The van der Waals surface area contributed by atoms with E-state index in [9.17, 15) is 18.4 Å². The van der Waals surface area contributed by atoms with E-state index in [4.69, 9.17) is 28.0 Å². The van der Waals surface area contributed by atoms with Gasteiger partial charge < -0.3 is 10.2 Å². The number of amides is 1. The van der Waals surface area contributed by atoms with E-state index in [-0.39, 0.29) is 32.6 Å². The van der Waals surface area contributed by atoms with Crippen molar-refractivity contribution in [1.29, 1.82) is 0 Å². The van der Waals surface area contributed by atoms with Crippen LogP contribution < -0.4 is 10.9 Å². The van der Waals surface area contributed by atoms with E-state index in [0.29, 0.717) is 6.07 Å². The predicted octanol–water partition coefficient (Wildman–Crippen LogP) is 3.94. The van der Waals surface area contributed by atoms with Crippen LogP contribution in [0.25, 0.3) is 5.69 Å². The molecule has 6 nitrogen and oxygen atoms in total. The molecule has 31 heavy (non-hydrogen) atoms. The molecule has 1 N–H and O–H groups in total. The van der Waals surface area contributed by atoms with Crippen LogP contribution in [0.1, 0.15) is 11.1 Å². The lowest BCUT2D eigenvalue weighted by Gasteiger charge is -2.13. The van der Waals surface area contributed by atoms with Gasteiger partial charge in [0.1, 0.15) is 17.3 Å². The highest BCUT2D eigenvalue weighted by Gasteiger charge is 2.17. The summed E-state index contributed by atoms with van der Waals surface area (Å²) < 4.78 is 29.1. The molecule has 0 bridgehead atoms. The van der Waals surface area contributed by atoms with Crippen LogP contribution in [-0.4, -0.2) is 29.8 Å². The van der Waals surface area contributed by atoms with Crippen LogP contribution in [0, 0.1) is 11.6 Å². The number of para-hydroxylation sites is 1. The predicted molar refractivity (Wildman–Crippen MR) is 114 cm³/mol. The highest BCUT2D eigenvalue weighted by molar-refractivity contribution is 6.37. The monoisotopic (exact) mass is 465 g/mol. The normalized spacial score (nSPS) is 11.3. The standard InChI is InChI=1S/C21H15Cl2F2N3O3/c1-26-18(29)11-31-27-20(14-7-6-13(24)9-17(14)25)12-5-8-19(30)28(10-12)21-15(22)3-2-4-16(21)23/h2-10H,11H2,1H3,(H,26,29)/b27-20+. The van der Waals surface area contributed by atoms with Crippen LogP contribution in [0.5, 0.6) is 0 Å². The Morgan fingerprint density at radius 3 is 2.48 bits per heavy atom. The third-order valence-electron chi connectivity index (χ3n) is 4.18. The third-order valence-corrected chi connectivity index (χ3v) is 4.79. The summed E-state index contributed by atoms with van der Waals surface area (Å²) in [5.74, 6) is -2.15. The van der Waals surface area contributed by atoms with Crippen molar-refractivity contribution in [2.24, 2.45) is 5.16 Å². The van der Waals surface area contributed by atoms with Gasteiger partial charge >= 0.3 is 0 Å². The fraction of sp³-hybridized carbons (Fsp3) is 0.0952. The summed E-state index contributed by atoms with van der Waals surface area (Å²) in [5, 5.41) is 6.65. The van der Waals surface area contributed by atoms with E-state index in [0.717, 1.165) is 6.07 Å². The molecule has 3 aromatic rings. The summed E-state index contributed by atoms with van der Waals surface area (Å²) in [6.07, 6.45) is 1.35.